The summed E-state index contributed by atoms with van der Waals surface area (Å²) in [6.45, 7) is 5.45. The molecule has 1 unspecified atom stereocenters. The Morgan fingerprint density at radius 3 is 2.33 bits per heavy atom. The zero-order valence-corrected chi connectivity index (χ0v) is 23.1. The number of benzene rings is 2. The van der Waals surface area contributed by atoms with Crippen LogP contribution in [-0.4, -0.2) is 67.8 Å². The first-order valence-corrected chi connectivity index (χ1v) is 14.5. The van der Waals surface area contributed by atoms with E-state index in [2.05, 4.69) is 35.1 Å². The molecule has 0 radical (unpaired) electrons. The molecule has 2 aromatic carbocycles. The van der Waals surface area contributed by atoms with Crippen LogP contribution in [0.25, 0.3) is 0 Å². The van der Waals surface area contributed by atoms with Gasteiger partial charge in [-0.25, -0.2) is 8.42 Å². The van der Waals surface area contributed by atoms with Crippen molar-refractivity contribution in [2.24, 2.45) is 5.92 Å². The van der Waals surface area contributed by atoms with Gasteiger partial charge in [0, 0.05) is 29.8 Å². The third-order valence-corrected chi connectivity index (χ3v) is 9.70. The fourth-order valence-electron chi connectivity index (χ4n) is 4.84. The Kier molecular flexibility index (Phi) is 8.06. The van der Waals surface area contributed by atoms with Crippen molar-refractivity contribution >= 4 is 43.5 Å². The molecule has 0 aliphatic carbocycles. The number of amides is 2. The van der Waals surface area contributed by atoms with Crippen LogP contribution in [0.3, 0.4) is 0 Å². The van der Waals surface area contributed by atoms with Gasteiger partial charge in [-0.05, 0) is 55.2 Å². The number of nitrogens with one attached hydrogen (secondary N) is 1. The Labute approximate surface area is 221 Å². The standard InChI is InChI=1S/C26H33BrN4O4S/c1-3-20(2)17-28-24(32)18-29-19-31(22-7-5-4-6-8-22)26(25(29)33)13-15-30(16-14-26)36(34,35)23-11-9-21(27)10-12-23/h4-12,20H,3,13-19H2,1-2H3,(H,28,32). The number of piperidine rings is 1. The zero-order chi connectivity index (χ0) is 25.9. The van der Waals surface area contributed by atoms with Crippen molar-refractivity contribution in [2.45, 2.75) is 43.5 Å². The summed E-state index contributed by atoms with van der Waals surface area (Å²) in [6.07, 6.45) is 1.66. The molecular weight excluding hydrogens is 544 g/mol. The van der Waals surface area contributed by atoms with Gasteiger partial charge in [-0.3, -0.25) is 9.59 Å². The monoisotopic (exact) mass is 576 g/mol. The molecule has 194 valence electrons. The second-order valence-electron chi connectivity index (χ2n) is 9.62. The Hall–Kier alpha value is -2.43. The van der Waals surface area contributed by atoms with Crippen LogP contribution in [0.4, 0.5) is 5.69 Å². The molecule has 2 saturated heterocycles. The van der Waals surface area contributed by atoms with Gasteiger partial charge in [-0.1, -0.05) is 54.4 Å². The normalized spacial score (nSPS) is 19.0. The lowest BCUT2D eigenvalue weighted by molar-refractivity contribution is -0.137. The first-order chi connectivity index (χ1) is 17.2. The van der Waals surface area contributed by atoms with Crippen molar-refractivity contribution in [2.75, 3.05) is 37.7 Å². The second-order valence-corrected chi connectivity index (χ2v) is 12.5. The molecule has 2 fully saturated rings. The van der Waals surface area contributed by atoms with E-state index in [4.69, 9.17) is 0 Å². The maximum absolute atomic E-state index is 13.8. The minimum Gasteiger partial charge on any atom is -0.354 e. The maximum atomic E-state index is 13.8. The van der Waals surface area contributed by atoms with E-state index >= 15 is 0 Å². The van der Waals surface area contributed by atoms with Gasteiger partial charge >= 0.3 is 0 Å². The summed E-state index contributed by atoms with van der Waals surface area (Å²) in [5, 5.41) is 2.93. The van der Waals surface area contributed by atoms with Crippen molar-refractivity contribution < 1.29 is 18.0 Å². The minimum absolute atomic E-state index is 0.0126. The molecule has 1 atom stereocenters. The number of carbonyl (C=O) groups excluding carboxylic acids is 2. The zero-order valence-electron chi connectivity index (χ0n) is 20.7. The van der Waals surface area contributed by atoms with Crippen LogP contribution >= 0.6 is 15.9 Å². The quantitative estimate of drug-likeness (QED) is 0.520. The summed E-state index contributed by atoms with van der Waals surface area (Å²) < 4.78 is 28.8. The number of hydrogen-bond acceptors (Lipinski definition) is 5. The lowest BCUT2D eigenvalue weighted by atomic mass is 9.86. The average molecular weight is 578 g/mol. The maximum Gasteiger partial charge on any atom is 0.250 e. The number of hydrogen-bond donors (Lipinski definition) is 1. The molecule has 1 N–H and O–H groups in total. The molecule has 2 aliphatic heterocycles. The van der Waals surface area contributed by atoms with Gasteiger partial charge < -0.3 is 15.1 Å². The molecule has 0 aromatic heterocycles. The molecule has 2 amide bonds. The Bertz CT molecular complexity index is 1180. The largest absolute Gasteiger partial charge is 0.354 e. The van der Waals surface area contributed by atoms with Gasteiger partial charge in [0.2, 0.25) is 21.8 Å². The lowest BCUT2D eigenvalue weighted by Crippen LogP contribution is -2.57. The summed E-state index contributed by atoms with van der Waals surface area (Å²) in [5.41, 5.74) is 0.00181. The number of halogens is 1. The van der Waals surface area contributed by atoms with Crippen molar-refractivity contribution in [3.63, 3.8) is 0 Å². The lowest BCUT2D eigenvalue weighted by Gasteiger charge is -2.42. The van der Waals surface area contributed by atoms with Crippen molar-refractivity contribution in [3.05, 3.63) is 59.1 Å². The molecular formula is C26H33BrN4O4S. The van der Waals surface area contributed by atoms with Crippen LogP contribution in [0.2, 0.25) is 0 Å². The number of rotatable bonds is 8. The van der Waals surface area contributed by atoms with E-state index < -0.39 is 15.6 Å². The second kappa shape index (κ2) is 10.9. The predicted octanol–water partition coefficient (Wildman–Crippen LogP) is 3.44. The van der Waals surface area contributed by atoms with Gasteiger partial charge in [0.1, 0.15) is 12.1 Å². The fourth-order valence-corrected chi connectivity index (χ4v) is 6.54. The van der Waals surface area contributed by atoms with Gasteiger partial charge in [0.05, 0.1) is 11.6 Å². The topological polar surface area (TPSA) is 90.0 Å². The van der Waals surface area contributed by atoms with Gasteiger partial charge in [-0.15, -0.1) is 0 Å². The van der Waals surface area contributed by atoms with Crippen LogP contribution in [0, 0.1) is 5.92 Å². The average Bonchev–Trinajstić information content (AvgIpc) is 3.14. The highest BCUT2D eigenvalue weighted by atomic mass is 79.9. The number of nitrogens with zero attached hydrogens (tertiary/aromatic N) is 3. The molecule has 0 bridgehead atoms. The third kappa shape index (κ3) is 5.31. The molecule has 1 spiro atoms. The number of anilines is 1. The van der Waals surface area contributed by atoms with Crippen LogP contribution in [0.1, 0.15) is 33.1 Å². The number of para-hydroxylation sites is 1. The smallest absolute Gasteiger partial charge is 0.250 e. The molecule has 2 heterocycles. The highest BCUT2D eigenvalue weighted by molar-refractivity contribution is 9.10. The molecule has 4 rings (SSSR count). The van der Waals surface area contributed by atoms with E-state index in [9.17, 15) is 18.0 Å². The van der Waals surface area contributed by atoms with Gasteiger partial charge in [0.15, 0.2) is 0 Å². The van der Waals surface area contributed by atoms with Gasteiger partial charge in [0.25, 0.3) is 0 Å². The summed E-state index contributed by atoms with van der Waals surface area (Å²) in [6, 6.07) is 16.2. The first-order valence-electron chi connectivity index (χ1n) is 12.3. The molecule has 2 aliphatic rings. The molecule has 2 aromatic rings. The van der Waals surface area contributed by atoms with Crippen LogP contribution in [-0.2, 0) is 19.6 Å². The summed E-state index contributed by atoms with van der Waals surface area (Å²) in [4.78, 5) is 30.3. The number of sulfonamides is 1. The van der Waals surface area contributed by atoms with E-state index in [0.29, 0.717) is 32.0 Å². The SMILES string of the molecule is CCC(C)CNC(=O)CN1CN(c2ccccc2)C2(CCN(S(=O)(=O)c3ccc(Br)cc3)CC2)C1=O. The van der Waals surface area contributed by atoms with E-state index in [-0.39, 0.29) is 36.3 Å². The van der Waals surface area contributed by atoms with E-state index in [0.717, 1.165) is 16.6 Å². The summed E-state index contributed by atoms with van der Waals surface area (Å²) in [7, 11) is -3.67. The Morgan fingerprint density at radius 2 is 1.72 bits per heavy atom. The Balaban J connectivity index is 1.54. The molecule has 8 nitrogen and oxygen atoms in total. The van der Waals surface area contributed by atoms with Crippen molar-refractivity contribution in [1.29, 1.82) is 0 Å². The van der Waals surface area contributed by atoms with Crippen LogP contribution in [0.15, 0.2) is 64.0 Å². The summed E-state index contributed by atoms with van der Waals surface area (Å²) >= 11 is 3.34. The van der Waals surface area contributed by atoms with Crippen LogP contribution < -0.4 is 10.2 Å². The van der Waals surface area contributed by atoms with E-state index in [1.165, 1.54) is 4.31 Å². The molecule has 36 heavy (non-hydrogen) atoms. The van der Waals surface area contributed by atoms with E-state index in [1.807, 2.05) is 35.2 Å². The number of carbonyl (C=O) groups is 2. The third-order valence-electron chi connectivity index (χ3n) is 7.26. The van der Waals surface area contributed by atoms with Crippen LogP contribution in [0.5, 0.6) is 0 Å². The van der Waals surface area contributed by atoms with Crippen molar-refractivity contribution in [3.8, 4) is 0 Å². The van der Waals surface area contributed by atoms with Crippen molar-refractivity contribution in [1.82, 2.24) is 14.5 Å². The molecule has 0 saturated carbocycles. The summed E-state index contributed by atoms with van der Waals surface area (Å²) in [5.74, 6) is 0.0714. The van der Waals surface area contributed by atoms with E-state index in [1.54, 1.807) is 29.2 Å². The highest BCUT2D eigenvalue weighted by Crippen LogP contribution is 2.40. The Morgan fingerprint density at radius 1 is 1.08 bits per heavy atom. The highest BCUT2D eigenvalue weighted by Gasteiger charge is 2.55. The first kappa shape index (κ1) is 26.6. The molecule has 10 heteroatoms. The minimum atomic E-state index is -3.67. The predicted molar refractivity (Wildman–Crippen MR) is 143 cm³/mol. The fraction of sp³-hybridized carbons (Fsp3) is 0.462. The van der Waals surface area contributed by atoms with Gasteiger partial charge in [-0.2, -0.15) is 4.31 Å².